The zero-order valence-electron chi connectivity index (χ0n) is 11.9. The smallest absolute Gasteiger partial charge is 0.251 e. The molecule has 1 unspecified atom stereocenters. The van der Waals surface area contributed by atoms with Crippen molar-refractivity contribution in [1.29, 1.82) is 0 Å². The van der Waals surface area contributed by atoms with Gasteiger partial charge in [0.05, 0.1) is 6.04 Å². The summed E-state index contributed by atoms with van der Waals surface area (Å²) in [4.78, 5) is 11.5. The van der Waals surface area contributed by atoms with Crippen molar-refractivity contribution in [3.63, 3.8) is 0 Å². The van der Waals surface area contributed by atoms with Gasteiger partial charge in [-0.05, 0) is 35.4 Å². The molecule has 0 radical (unpaired) electrons. The van der Waals surface area contributed by atoms with Crippen LogP contribution in [0.4, 0.5) is 5.69 Å². The van der Waals surface area contributed by atoms with Crippen LogP contribution < -0.4 is 10.6 Å². The van der Waals surface area contributed by atoms with Gasteiger partial charge in [-0.15, -0.1) is 0 Å². The first-order valence-electron chi connectivity index (χ1n) is 7.02. The zero-order chi connectivity index (χ0) is 14.7. The Kier molecular flexibility index (Phi) is 4.15. The van der Waals surface area contributed by atoms with Crippen molar-refractivity contribution in [2.75, 3.05) is 18.1 Å². The minimum atomic E-state index is -0.0554. The second-order valence-electron chi connectivity index (χ2n) is 5.07. The van der Waals surface area contributed by atoms with Gasteiger partial charge in [0.25, 0.3) is 5.91 Å². The monoisotopic (exact) mass is 298 g/mol. The number of carbonyl (C=O) groups is 1. The highest BCUT2D eigenvalue weighted by Gasteiger charge is 2.19. The number of hydrogen-bond acceptors (Lipinski definition) is 3. The number of amides is 1. The molecular formula is C17H18N2OS. The summed E-state index contributed by atoms with van der Waals surface area (Å²) in [5.74, 6) is 2.10. The molecule has 0 fully saturated rings. The van der Waals surface area contributed by atoms with Crippen molar-refractivity contribution in [2.45, 2.75) is 11.8 Å². The van der Waals surface area contributed by atoms with Gasteiger partial charge >= 0.3 is 0 Å². The second-order valence-corrected chi connectivity index (χ2v) is 6.10. The molecule has 0 saturated carbocycles. The lowest BCUT2D eigenvalue weighted by Crippen LogP contribution is -2.19. The number of hydrogen-bond donors (Lipinski definition) is 2. The van der Waals surface area contributed by atoms with Crippen LogP contribution in [0.5, 0.6) is 0 Å². The molecule has 2 aromatic carbocycles. The molecule has 108 valence electrons. The van der Waals surface area contributed by atoms with Crippen molar-refractivity contribution in [1.82, 2.24) is 5.32 Å². The summed E-state index contributed by atoms with van der Waals surface area (Å²) in [5, 5.41) is 6.20. The van der Waals surface area contributed by atoms with Crippen LogP contribution in [-0.2, 0) is 5.75 Å². The molecule has 1 aliphatic heterocycles. The number of thioether (sulfide) groups is 1. The molecule has 4 heteroatoms. The summed E-state index contributed by atoms with van der Waals surface area (Å²) in [6.07, 6.45) is 0. The van der Waals surface area contributed by atoms with E-state index in [4.69, 9.17) is 0 Å². The van der Waals surface area contributed by atoms with E-state index in [0.717, 1.165) is 17.2 Å². The summed E-state index contributed by atoms with van der Waals surface area (Å²) >= 11 is 1.95. The summed E-state index contributed by atoms with van der Waals surface area (Å²) in [6, 6.07) is 16.5. The standard InChI is InChI=1S/C17H18N2OS/c1-18-17(20)12-6-8-14(9-7-12)19-16-11-21-10-13-4-2-3-5-15(13)16/h2-9,16,19H,10-11H2,1H3,(H,18,20). The van der Waals surface area contributed by atoms with Gasteiger partial charge in [0.1, 0.15) is 0 Å². The quantitative estimate of drug-likeness (QED) is 0.912. The van der Waals surface area contributed by atoms with Crippen molar-refractivity contribution >= 4 is 23.4 Å². The Bertz CT molecular complexity index is 639. The maximum atomic E-state index is 11.5. The molecule has 3 nitrogen and oxygen atoms in total. The maximum Gasteiger partial charge on any atom is 0.251 e. The van der Waals surface area contributed by atoms with Crippen LogP contribution in [0.15, 0.2) is 48.5 Å². The van der Waals surface area contributed by atoms with Crippen molar-refractivity contribution < 1.29 is 4.79 Å². The SMILES string of the molecule is CNC(=O)c1ccc(NC2CSCc3ccccc32)cc1. The fourth-order valence-electron chi connectivity index (χ4n) is 2.56. The third-order valence-corrected chi connectivity index (χ3v) is 4.77. The lowest BCUT2D eigenvalue weighted by molar-refractivity contribution is 0.0963. The topological polar surface area (TPSA) is 41.1 Å². The summed E-state index contributed by atoms with van der Waals surface area (Å²) in [6.45, 7) is 0. The molecule has 21 heavy (non-hydrogen) atoms. The maximum absolute atomic E-state index is 11.5. The van der Waals surface area contributed by atoms with E-state index in [-0.39, 0.29) is 5.91 Å². The van der Waals surface area contributed by atoms with E-state index < -0.39 is 0 Å². The summed E-state index contributed by atoms with van der Waals surface area (Å²) in [5.41, 5.74) is 4.52. The minimum Gasteiger partial charge on any atom is -0.377 e. The van der Waals surface area contributed by atoms with Crippen molar-refractivity contribution in [3.05, 3.63) is 65.2 Å². The van der Waals surface area contributed by atoms with Gasteiger partial charge in [-0.25, -0.2) is 0 Å². The lowest BCUT2D eigenvalue weighted by atomic mass is 10.0. The van der Waals surface area contributed by atoms with E-state index in [0.29, 0.717) is 11.6 Å². The average Bonchev–Trinajstić information content (AvgIpc) is 2.55. The molecule has 1 aliphatic rings. The Morgan fingerprint density at radius 2 is 1.90 bits per heavy atom. The third kappa shape index (κ3) is 3.05. The van der Waals surface area contributed by atoms with Gasteiger partial charge in [0, 0.05) is 29.8 Å². The van der Waals surface area contributed by atoms with E-state index in [2.05, 4.69) is 34.9 Å². The van der Waals surface area contributed by atoms with Gasteiger partial charge in [-0.1, -0.05) is 24.3 Å². The number of anilines is 1. The van der Waals surface area contributed by atoms with Crippen molar-refractivity contribution in [2.24, 2.45) is 0 Å². The van der Waals surface area contributed by atoms with Crippen molar-refractivity contribution in [3.8, 4) is 0 Å². The molecule has 2 N–H and O–H groups in total. The number of rotatable bonds is 3. The van der Waals surface area contributed by atoms with Crippen LogP contribution in [0, 0.1) is 0 Å². The van der Waals surface area contributed by atoms with Gasteiger partial charge in [-0.2, -0.15) is 11.8 Å². The van der Waals surface area contributed by atoms with Crippen LogP contribution in [-0.4, -0.2) is 18.7 Å². The predicted octanol–water partition coefficient (Wildman–Crippen LogP) is 3.45. The van der Waals surface area contributed by atoms with Gasteiger partial charge in [0.2, 0.25) is 0 Å². The molecule has 0 saturated heterocycles. The highest BCUT2D eigenvalue weighted by atomic mass is 32.2. The van der Waals surface area contributed by atoms with Gasteiger partial charge in [-0.3, -0.25) is 4.79 Å². The fraction of sp³-hybridized carbons (Fsp3) is 0.235. The highest BCUT2D eigenvalue weighted by molar-refractivity contribution is 7.98. The second kappa shape index (κ2) is 6.22. The molecule has 1 atom stereocenters. The Morgan fingerprint density at radius 3 is 2.67 bits per heavy atom. The van der Waals surface area contributed by atoms with E-state index in [9.17, 15) is 4.79 Å². The number of benzene rings is 2. The Hall–Kier alpha value is -1.94. The molecule has 0 aliphatic carbocycles. The molecule has 1 amide bonds. The largest absolute Gasteiger partial charge is 0.377 e. The van der Waals surface area contributed by atoms with E-state index >= 15 is 0 Å². The molecule has 0 spiro atoms. The first kappa shape index (κ1) is 14.0. The van der Waals surface area contributed by atoms with E-state index in [1.54, 1.807) is 7.05 Å². The molecule has 0 aromatic heterocycles. The number of carbonyl (C=O) groups excluding carboxylic acids is 1. The highest BCUT2D eigenvalue weighted by Crippen LogP contribution is 2.33. The van der Waals surface area contributed by atoms with Gasteiger partial charge < -0.3 is 10.6 Å². The first-order chi connectivity index (χ1) is 10.3. The molecule has 0 bridgehead atoms. The first-order valence-corrected chi connectivity index (χ1v) is 8.17. The lowest BCUT2D eigenvalue weighted by Gasteiger charge is -2.27. The fourth-order valence-corrected chi connectivity index (χ4v) is 3.66. The van der Waals surface area contributed by atoms with Crippen LogP contribution in [0.3, 0.4) is 0 Å². The summed E-state index contributed by atoms with van der Waals surface area (Å²) in [7, 11) is 1.64. The van der Waals surface area contributed by atoms with Crippen LogP contribution in [0.1, 0.15) is 27.5 Å². The van der Waals surface area contributed by atoms with E-state index in [1.807, 2.05) is 36.0 Å². The number of fused-ring (bicyclic) bond motifs is 1. The average molecular weight is 298 g/mol. The third-order valence-electron chi connectivity index (χ3n) is 3.69. The van der Waals surface area contributed by atoms with Crippen LogP contribution in [0.25, 0.3) is 0 Å². The predicted molar refractivity (Wildman–Crippen MR) is 88.8 cm³/mol. The molecule has 2 aromatic rings. The Morgan fingerprint density at radius 1 is 1.14 bits per heavy atom. The van der Waals surface area contributed by atoms with E-state index in [1.165, 1.54) is 11.1 Å². The summed E-state index contributed by atoms with van der Waals surface area (Å²) < 4.78 is 0. The molecular weight excluding hydrogens is 280 g/mol. The van der Waals surface area contributed by atoms with Crippen LogP contribution >= 0.6 is 11.8 Å². The zero-order valence-corrected chi connectivity index (χ0v) is 12.7. The van der Waals surface area contributed by atoms with Crippen LogP contribution in [0.2, 0.25) is 0 Å². The molecule has 3 rings (SSSR count). The minimum absolute atomic E-state index is 0.0554. The molecule has 1 heterocycles. The Labute approximate surface area is 129 Å². The Balaban J connectivity index is 1.77. The normalized spacial score (nSPS) is 16.9. The number of nitrogens with one attached hydrogen (secondary N) is 2. The van der Waals surface area contributed by atoms with Gasteiger partial charge in [0.15, 0.2) is 0 Å².